The van der Waals surface area contributed by atoms with Crippen LogP contribution in [0.2, 0.25) is 5.02 Å². The first-order chi connectivity index (χ1) is 17.6. The van der Waals surface area contributed by atoms with Crippen molar-refractivity contribution in [3.8, 4) is 22.6 Å². The number of halogens is 2. The van der Waals surface area contributed by atoms with Crippen LogP contribution in [0.15, 0.2) is 59.9 Å². The van der Waals surface area contributed by atoms with E-state index in [1.165, 1.54) is 6.07 Å². The van der Waals surface area contributed by atoms with Crippen molar-refractivity contribution in [2.45, 2.75) is 30.3 Å². The van der Waals surface area contributed by atoms with E-state index in [2.05, 4.69) is 19.9 Å². The van der Waals surface area contributed by atoms with Gasteiger partial charge in [-0.15, -0.1) is 11.3 Å². The normalized spacial score (nSPS) is 15.6. The van der Waals surface area contributed by atoms with Gasteiger partial charge in [-0.25, -0.2) is 19.3 Å². The Bertz CT molecular complexity index is 1380. The topological polar surface area (TPSA) is 60.4 Å². The Morgan fingerprint density at radius 2 is 1.81 bits per heavy atom. The van der Waals surface area contributed by atoms with Gasteiger partial charge in [-0.2, -0.15) is 0 Å². The largest absolute Gasteiger partial charge is 0.485 e. The standard InChI is InChI=1S/C26H22ClFN4O2S2/c27-19-11-30-26(31-12-19)32-7-5-16(6-8-32)25-29-13-20(36-25)14-33-22-3-1-17(9-21(22)28)18-2-4-24-23(10-18)34-15-35-24/h1-4,9-13,16H,5-8,14-15H2. The summed E-state index contributed by atoms with van der Waals surface area (Å²) in [5, 5.41) is 1.63. The van der Waals surface area contributed by atoms with Gasteiger partial charge < -0.3 is 14.4 Å². The number of aromatic nitrogens is 3. The zero-order valence-electron chi connectivity index (χ0n) is 19.2. The predicted molar refractivity (Wildman–Crippen MR) is 141 cm³/mol. The molecular weight excluding hydrogens is 519 g/mol. The summed E-state index contributed by atoms with van der Waals surface area (Å²) in [7, 11) is 0. The highest BCUT2D eigenvalue weighted by Crippen LogP contribution is 2.39. The molecule has 2 aromatic heterocycles. The van der Waals surface area contributed by atoms with Crippen molar-refractivity contribution < 1.29 is 13.9 Å². The average molecular weight is 541 g/mol. The number of fused-ring (bicyclic) bond motifs is 1. The third-order valence-electron chi connectivity index (χ3n) is 6.31. The summed E-state index contributed by atoms with van der Waals surface area (Å²) in [6.07, 6.45) is 7.04. The van der Waals surface area contributed by atoms with Crippen LogP contribution in [0.1, 0.15) is 28.6 Å². The SMILES string of the molecule is Fc1cc(-c2ccc3c(c2)OCS3)ccc1OCc1cnc(C2CCN(c3ncc(Cl)cn3)CC2)s1. The number of hydrogen-bond donors (Lipinski definition) is 0. The number of rotatable bonds is 6. The maximum atomic E-state index is 14.8. The third kappa shape index (κ3) is 5.00. The number of anilines is 1. The molecule has 10 heteroatoms. The summed E-state index contributed by atoms with van der Waals surface area (Å²) in [6, 6.07) is 11.0. The van der Waals surface area contributed by atoms with Gasteiger partial charge in [0.2, 0.25) is 5.95 Å². The first kappa shape index (κ1) is 23.5. The van der Waals surface area contributed by atoms with Gasteiger partial charge in [0, 0.05) is 25.2 Å². The summed E-state index contributed by atoms with van der Waals surface area (Å²) in [6.45, 7) is 2.02. The number of benzene rings is 2. The molecule has 0 aliphatic carbocycles. The smallest absolute Gasteiger partial charge is 0.225 e. The maximum absolute atomic E-state index is 14.8. The van der Waals surface area contributed by atoms with Crippen molar-refractivity contribution in [1.29, 1.82) is 0 Å². The van der Waals surface area contributed by atoms with Gasteiger partial charge in [-0.05, 0) is 48.2 Å². The molecule has 2 aromatic carbocycles. The second kappa shape index (κ2) is 10.2. The maximum Gasteiger partial charge on any atom is 0.225 e. The molecule has 0 unspecified atom stereocenters. The van der Waals surface area contributed by atoms with Crippen molar-refractivity contribution in [2.24, 2.45) is 0 Å². The van der Waals surface area contributed by atoms with Crippen LogP contribution >= 0.6 is 34.7 Å². The van der Waals surface area contributed by atoms with E-state index in [1.54, 1.807) is 41.6 Å². The second-order valence-electron chi connectivity index (χ2n) is 8.63. The molecule has 1 saturated heterocycles. The summed E-state index contributed by atoms with van der Waals surface area (Å²) in [5.41, 5.74) is 1.71. The molecule has 2 aliphatic rings. The van der Waals surface area contributed by atoms with Crippen molar-refractivity contribution in [3.05, 3.63) is 75.7 Å². The Balaban J connectivity index is 1.05. The minimum atomic E-state index is -0.384. The number of ether oxygens (including phenoxy) is 2. The first-order valence-corrected chi connectivity index (χ1v) is 13.8. The van der Waals surface area contributed by atoms with Gasteiger partial charge in [0.1, 0.15) is 18.3 Å². The van der Waals surface area contributed by atoms with E-state index in [1.807, 2.05) is 30.5 Å². The van der Waals surface area contributed by atoms with Gasteiger partial charge in [0.05, 0.1) is 32.2 Å². The second-order valence-corrected chi connectivity index (χ2v) is 11.2. The van der Waals surface area contributed by atoms with Gasteiger partial charge >= 0.3 is 0 Å². The highest BCUT2D eigenvalue weighted by Gasteiger charge is 2.24. The molecule has 0 N–H and O–H groups in total. The molecule has 1 fully saturated rings. The monoisotopic (exact) mass is 540 g/mol. The zero-order chi connectivity index (χ0) is 24.5. The third-order valence-corrected chi connectivity index (χ3v) is 8.53. The van der Waals surface area contributed by atoms with Crippen LogP contribution in [0.25, 0.3) is 11.1 Å². The highest BCUT2D eigenvalue weighted by molar-refractivity contribution is 7.99. The molecule has 0 amide bonds. The van der Waals surface area contributed by atoms with Gasteiger partial charge in [0.25, 0.3) is 0 Å². The molecule has 184 valence electrons. The lowest BCUT2D eigenvalue weighted by molar-refractivity contribution is 0.293. The molecule has 0 radical (unpaired) electrons. The van der Waals surface area contributed by atoms with E-state index >= 15 is 0 Å². The molecule has 4 heterocycles. The summed E-state index contributed by atoms with van der Waals surface area (Å²) in [5.74, 6) is 2.42. The van der Waals surface area contributed by atoms with Crippen molar-refractivity contribution in [1.82, 2.24) is 15.0 Å². The molecule has 2 aliphatic heterocycles. The van der Waals surface area contributed by atoms with E-state index < -0.39 is 0 Å². The number of nitrogens with zero attached hydrogens (tertiary/aromatic N) is 4. The molecule has 6 rings (SSSR count). The molecule has 0 spiro atoms. The molecule has 36 heavy (non-hydrogen) atoms. The lowest BCUT2D eigenvalue weighted by Gasteiger charge is -2.30. The van der Waals surface area contributed by atoms with Crippen LogP contribution in [-0.4, -0.2) is 34.0 Å². The quantitative estimate of drug-likeness (QED) is 0.266. The summed E-state index contributed by atoms with van der Waals surface area (Å²) < 4.78 is 26.2. The fourth-order valence-electron chi connectivity index (χ4n) is 4.40. The molecule has 6 nitrogen and oxygen atoms in total. The fourth-order valence-corrected chi connectivity index (χ4v) is 6.23. The van der Waals surface area contributed by atoms with Crippen LogP contribution in [0.3, 0.4) is 0 Å². The van der Waals surface area contributed by atoms with Crippen molar-refractivity contribution in [3.63, 3.8) is 0 Å². The Morgan fingerprint density at radius 1 is 1.03 bits per heavy atom. The van der Waals surface area contributed by atoms with E-state index in [0.29, 0.717) is 22.8 Å². The lowest BCUT2D eigenvalue weighted by Crippen LogP contribution is -2.34. The van der Waals surface area contributed by atoms with E-state index in [0.717, 1.165) is 57.6 Å². The van der Waals surface area contributed by atoms with Gasteiger partial charge in [-0.1, -0.05) is 35.5 Å². The highest BCUT2D eigenvalue weighted by atomic mass is 35.5. The Hall–Kier alpha value is -2.88. The summed E-state index contributed by atoms with van der Waals surface area (Å²) >= 11 is 9.19. The Kier molecular flexibility index (Phi) is 6.69. The van der Waals surface area contributed by atoms with Crippen LogP contribution in [0, 0.1) is 5.82 Å². The Labute approximate surface area is 221 Å². The van der Waals surface area contributed by atoms with Crippen LogP contribution in [0.5, 0.6) is 11.5 Å². The minimum absolute atomic E-state index is 0.234. The Morgan fingerprint density at radius 3 is 2.61 bits per heavy atom. The van der Waals surface area contributed by atoms with Crippen LogP contribution < -0.4 is 14.4 Å². The number of piperidine rings is 1. The van der Waals surface area contributed by atoms with Crippen molar-refractivity contribution in [2.75, 3.05) is 23.9 Å². The number of hydrogen-bond acceptors (Lipinski definition) is 8. The molecule has 4 aromatic rings. The molecule has 0 bridgehead atoms. The average Bonchev–Trinajstić information content (AvgIpc) is 3.58. The van der Waals surface area contributed by atoms with Gasteiger partial charge in [-0.3, -0.25) is 0 Å². The van der Waals surface area contributed by atoms with Crippen LogP contribution in [0.4, 0.5) is 10.3 Å². The van der Waals surface area contributed by atoms with Crippen LogP contribution in [-0.2, 0) is 6.61 Å². The lowest BCUT2D eigenvalue weighted by atomic mass is 9.98. The zero-order valence-corrected chi connectivity index (χ0v) is 21.6. The number of thiazole rings is 1. The van der Waals surface area contributed by atoms with Gasteiger partial charge in [0.15, 0.2) is 11.6 Å². The fraction of sp³-hybridized carbons (Fsp3) is 0.269. The molecule has 0 atom stereocenters. The predicted octanol–water partition coefficient (Wildman–Crippen LogP) is 6.80. The van der Waals surface area contributed by atoms with E-state index in [-0.39, 0.29) is 18.2 Å². The summed E-state index contributed by atoms with van der Waals surface area (Å²) in [4.78, 5) is 17.5. The minimum Gasteiger partial charge on any atom is -0.485 e. The van der Waals surface area contributed by atoms with E-state index in [4.69, 9.17) is 21.1 Å². The number of thioether (sulfide) groups is 1. The molecular formula is C26H22ClFN4O2S2. The molecule has 0 saturated carbocycles. The van der Waals surface area contributed by atoms with Crippen molar-refractivity contribution >= 4 is 40.6 Å². The van der Waals surface area contributed by atoms with E-state index in [9.17, 15) is 4.39 Å². The first-order valence-electron chi connectivity index (χ1n) is 11.6.